The van der Waals surface area contributed by atoms with E-state index >= 15 is 0 Å². The first-order chi connectivity index (χ1) is 23.9. The lowest BCUT2D eigenvalue weighted by Crippen LogP contribution is -2.26. The highest BCUT2D eigenvalue weighted by Gasteiger charge is 2.43. The van der Waals surface area contributed by atoms with Crippen LogP contribution in [0.1, 0.15) is 48.6 Å². The molecule has 2 heteroatoms. The molecule has 8 aromatic rings. The SMILES string of the molecule is CC1(C)c2ccccc2-c2ccc(N(c3ccccc3)c3cc4sc5ccccc5c4cc3C3(C)c4ccccc4-c4ccccc43)cc21. The Morgan fingerprint density at radius 3 is 1.69 bits per heavy atom. The largest absolute Gasteiger partial charge is 0.310 e. The van der Waals surface area contributed by atoms with Crippen LogP contribution < -0.4 is 4.90 Å². The van der Waals surface area contributed by atoms with E-state index in [0.29, 0.717) is 0 Å². The molecule has 2 aliphatic carbocycles. The summed E-state index contributed by atoms with van der Waals surface area (Å²) in [5.41, 5.74) is 15.2. The van der Waals surface area contributed by atoms with Gasteiger partial charge in [0.05, 0.1) is 5.69 Å². The van der Waals surface area contributed by atoms with E-state index in [4.69, 9.17) is 0 Å². The molecule has 0 atom stereocenters. The Hall–Kier alpha value is -5.44. The molecule has 0 amide bonds. The maximum Gasteiger partial charge on any atom is 0.0520 e. The second-order valence-corrected chi connectivity index (χ2v) is 15.3. The summed E-state index contributed by atoms with van der Waals surface area (Å²) in [4.78, 5) is 2.52. The average Bonchev–Trinajstić information content (AvgIpc) is 3.72. The fourth-order valence-corrected chi connectivity index (χ4v) is 10.0. The third kappa shape index (κ3) is 3.93. The molecule has 1 heterocycles. The standard InChI is InChI=1S/C47H35NS/c1-46(2)38-21-11-7-17-32(38)35-26-25-31(27-41(35)46)48(30-15-5-4-6-16-30)43-29-45-37(36-20-10-14-24-44(36)49-45)28-42(43)47(3)39-22-12-8-18-33(39)34-19-9-13-23-40(34)47/h4-29H,1-3H3. The second-order valence-electron chi connectivity index (χ2n) is 14.3. The number of hydrogen-bond acceptors (Lipinski definition) is 2. The zero-order valence-electron chi connectivity index (χ0n) is 27.9. The fraction of sp³-hybridized carbons (Fsp3) is 0.106. The summed E-state index contributed by atoms with van der Waals surface area (Å²) in [6.45, 7) is 7.19. The lowest BCUT2D eigenvalue weighted by Gasteiger charge is -2.36. The third-order valence-corrected chi connectivity index (χ3v) is 12.5. The van der Waals surface area contributed by atoms with Crippen molar-refractivity contribution >= 4 is 48.6 Å². The van der Waals surface area contributed by atoms with Crippen LogP contribution in [0.15, 0.2) is 158 Å². The highest BCUT2D eigenvalue weighted by atomic mass is 32.1. The number of para-hydroxylation sites is 1. The first-order valence-electron chi connectivity index (χ1n) is 17.2. The summed E-state index contributed by atoms with van der Waals surface area (Å²) in [7, 11) is 0. The van der Waals surface area contributed by atoms with Crippen LogP contribution in [0.2, 0.25) is 0 Å². The van der Waals surface area contributed by atoms with E-state index in [1.54, 1.807) is 0 Å². The number of nitrogens with zero attached hydrogens (tertiary/aromatic N) is 1. The smallest absolute Gasteiger partial charge is 0.0520 e. The minimum Gasteiger partial charge on any atom is -0.310 e. The number of anilines is 3. The van der Waals surface area contributed by atoms with E-state index in [9.17, 15) is 0 Å². The quantitative estimate of drug-likeness (QED) is 0.184. The van der Waals surface area contributed by atoms with E-state index < -0.39 is 0 Å². The molecule has 0 spiro atoms. The first kappa shape index (κ1) is 28.6. The average molecular weight is 646 g/mol. The maximum absolute atomic E-state index is 2.52. The van der Waals surface area contributed by atoms with E-state index in [-0.39, 0.29) is 10.8 Å². The van der Waals surface area contributed by atoms with Crippen molar-refractivity contribution in [2.45, 2.75) is 31.6 Å². The van der Waals surface area contributed by atoms with Crippen LogP contribution in [0.3, 0.4) is 0 Å². The van der Waals surface area contributed by atoms with Gasteiger partial charge in [-0.2, -0.15) is 0 Å². The van der Waals surface area contributed by atoms with Crippen LogP contribution in [0.5, 0.6) is 0 Å². The van der Waals surface area contributed by atoms with Gasteiger partial charge in [-0.15, -0.1) is 11.3 Å². The monoisotopic (exact) mass is 645 g/mol. The molecular formula is C47H35NS. The molecule has 0 radical (unpaired) electrons. The van der Waals surface area contributed by atoms with Gasteiger partial charge in [-0.3, -0.25) is 0 Å². The summed E-state index contributed by atoms with van der Waals surface area (Å²) in [6, 6.07) is 58.9. The molecule has 2 aliphatic rings. The van der Waals surface area contributed by atoms with Gasteiger partial charge in [-0.05, 0) is 99.5 Å². The molecule has 1 aromatic heterocycles. The molecule has 7 aromatic carbocycles. The number of hydrogen-bond donors (Lipinski definition) is 0. The molecular weight excluding hydrogens is 611 g/mol. The highest BCUT2D eigenvalue weighted by Crippen LogP contribution is 2.57. The van der Waals surface area contributed by atoms with Crippen molar-refractivity contribution in [2.75, 3.05) is 4.90 Å². The highest BCUT2D eigenvalue weighted by molar-refractivity contribution is 7.25. The van der Waals surface area contributed by atoms with Crippen molar-refractivity contribution in [3.63, 3.8) is 0 Å². The van der Waals surface area contributed by atoms with Crippen molar-refractivity contribution < 1.29 is 0 Å². The summed E-state index contributed by atoms with van der Waals surface area (Å²) in [5.74, 6) is 0. The molecule has 0 saturated heterocycles. The van der Waals surface area contributed by atoms with Gasteiger partial charge in [0, 0.05) is 42.4 Å². The van der Waals surface area contributed by atoms with Gasteiger partial charge >= 0.3 is 0 Å². The number of thiophene rings is 1. The van der Waals surface area contributed by atoms with E-state index in [0.717, 1.165) is 5.69 Å². The van der Waals surface area contributed by atoms with Gasteiger partial charge in [0.2, 0.25) is 0 Å². The Morgan fingerprint density at radius 1 is 0.408 bits per heavy atom. The number of rotatable bonds is 4. The first-order valence-corrected chi connectivity index (χ1v) is 18.0. The number of benzene rings is 7. The molecule has 0 aliphatic heterocycles. The van der Waals surface area contributed by atoms with E-state index in [2.05, 4.69) is 183 Å². The molecule has 49 heavy (non-hydrogen) atoms. The predicted octanol–water partition coefficient (Wildman–Crippen LogP) is 13.2. The molecule has 0 N–H and O–H groups in total. The van der Waals surface area contributed by atoms with E-state index in [1.165, 1.54) is 81.6 Å². The minimum absolute atomic E-state index is 0.0993. The Kier molecular flexibility index (Phi) is 5.99. The molecule has 0 saturated carbocycles. The van der Waals surface area contributed by atoms with Crippen LogP contribution in [0.25, 0.3) is 42.4 Å². The lowest BCUT2D eigenvalue weighted by atomic mass is 9.73. The summed E-state index contributed by atoms with van der Waals surface area (Å²) < 4.78 is 2.62. The van der Waals surface area contributed by atoms with Crippen molar-refractivity contribution in [2.24, 2.45) is 0 Å². The summed E-state index contributed by atoms with van der Waals surface area (Å²) in [5, 5.41) is 2.64. The van der Waals surface area contributed by atoms with Crippen molar-refractivity contribution in [3.8, 4) is 22.3 Å². The van der Waals surface area contributed by atoms with Crippen molar-refractivity contribution in [3.05, 3.63) is 186 Å². The molecule has 1 nitrogen and oxygen atoms in total. The van der Waals surface area contributed by atoms with Gasteiger partial charge in [0.1, 0.15) is 0 Å². The van der Waals surface area contributed by atoms with Gasteiger partial charge in [0.25, 0.3) is 0 Å². The van der Waals surface area contributed by atoms with Crippen LogP contribution in [-0.2, 0) is 10.8 Å². The van der Waals surface area contributed by atoms with Crippen LogP contribution in [0.4, 0.5) is 17.1 Å². The summed E-state index contributed by atoms with van der Waals surface area (Å²) in [6.07, 6.45) is 0. The Balaban J connectivity index is 1.31. The zero-order chi connectivity index (χ0) is 32.9. The van der Waals surface area contributed by atoms with Gasteiger partial charge in [-0.1, -0.05) is 129 Å². The lowest BCUT2D eigenvalue weighted by molar-refractivity contribution is 0.660. The third-order valence-electron chi connectivity index (χ3n) is 11.3. The van der Waals surface area contributed by atoms with Gasteiger partial charge in [0.15, 0.2) is 0 Å². The molecule has 0 bridgehead atoms. The van der Waals surface area contributed by atoms with Crippen LogP contribution >= 0.6 is 11.3 Å². The van der Waals surface area contributed by atoms with Crippen LogP contribution in [-0.4, -0.2) is 0 Å². The molecule has 0 fully saturated rings. The van der Waals surface area contributed by atoms with Gasteiger partial charge in [-0.25, -0.2) is 0 Å². The second kappa shape index (κ2) is 10.3. The minimum atomic E-state index is -0.376. The number of fused-ring (bicyclic) bond motifs is 9. The molecule has 0 unspecified atom stereocenters. The predicted molar refractivity (Wildman–Crippen MR) is 209 cm³/mol. The fourth-order valence-electron chi connectivity index (χ4n) is 8.92. The van der Waals surface area contributed by atoms with E-state index in [1.807, 2.05) is 11.3 Å². The Morgan fingerprint density at radius 2 is 0.980 bits per heavy atom. The van der Waals surface area contributed by atoms with Crippen molar-refractivity contribution in [1.82, 2.24) is 0 Å². The zero-order valence-corrected chi connectivity index (χ0v) is 28.7. The van der Waals surface area contributed by atoms with Crippen LogP contribution in [0, 0.1) is 0 Å². The Labute approximate surface area is 291 Å². The normalized spacial score (nSPS) is 14.8. The summed E-state index contributed by atoms with van der Waals surface area (Å²) >= 11 is 1.89. The maximum atomic E-state index is 2.52. The van der Waals surface area contributed by atoms with Crippen molar-refractivity contribution in [1.29, 1.82) is 0 Å². The topological polar surface area (TPSA) is 3.24 Å². The Bertz CT molecular complexity index is 2560. The van der Waals surface area contributed by atoms with Gasteiger partial charge < -0.3 is 4.90 Å². The molecule has 234 valence electrons. The molecule has 10 rings (SSSR count).